The number of esters is 4. The first-order valence-electron chi connectivity index (χ1n) is 40.7. The van der Waals surface area contributed by atoms with Crippen molar-refractivity contribution in [2.75, 3.05) is 39.6 Å². The monoisotopic (exact) mass is 1540 g/mol. The summed E-state index contributed by atoms with van der Waals surface area (Å²) in [5.74, 6) is -2.45. The van der Waals surface area contributed by atoms with Crippen LogP contribution in [0.2, 0.25) is 0 Å². The van der Waals surface area contributed by atoms with Crippen LogP contribution >= 0.6 is 15.6 Å². The fourth-order valence-corrected chi connectivity index (χ4v) is 11.5. The molecule has 0 aromatic rings. The van der Waals surface area contributed by atoms with Gasteiger partial charge in [-0.25, -0.2) is 9.13 Å². The van der Waals surface area contributed by atoms with Crippen molar-refractivity contribution >= 4 is 39.5 Å². The van der Waals surface area contributed by atoms with Gasteiger partial charge in [-0.1, -0.05) is 312 Å². The molecule has 17 nitrogen and oxygen atoms in total. The highest BCUT2D eigenvalue weighted by molar-refractivity contribution is 7.47. The maximum absolute atomic E-state index is 13.1. The molecule has 3 N–H and O–H groups in total. The summed E-state index contributed by atoms with van der Waals surface area (Å²) in [6.45, 7) is 4.36. The number of aliphatic hydroxyl groups excluding tert-OH is 1. The fraction of sp³-hybridized carbons (Fsp3) is 0.596. The zero-order chi connectivity index (χ0) is 78.9. The lowest BCUT2D eigenvalue weighted by atomic mass is 10.0. The summed E-state index contributed by atoms with van der Waals surface area (Å²) < 4.78 is 68.4. The van der Waals surface area contributed by atoms with E-state index >= 15 is 0 Å². The predicted octanol–water partition coefficient (Wildman–Crippen LogP) is 24.1. The summed E-state index contributed by atoms with van der Waals surface area (Å²) in [5.41, 5.74) is 0. The maximum atomic E-state index is 13.1. The van der Waals surface area contributed by atoms with Crippen molar-refractivity contribution < 1.29 is 80.2 Å². The van der Waals surface area contributed by atoms with Crippen LogP contribution in [0.1, 0.15) is 285 Å². The molecule has 0 aliphatic carbocycles. The first-order valence-corrected chi connectivity index (χ1v) is 43.7. The number of phosphoric ester groups is 2. The smallest absolute Gasteiger partial charge is 0.462 e. The quantitative estimate of drug-likeness (QED) is 0.0169. The van der Waals surface area contributed by atoms with Crippen LogP contribution in [-0.2, 0) is 65.4 Å². The van der Waals surface area contributed by atoms with Crippen molar-refractivity contribution in [3.63, 3.8) is 0 Å². The molecule has 610 valence electrons. The lowest BCUT2D eigenvalue weighted by Crippen LogP contribution is -2.30. The normalized spacial score (nSPS) is 14.8. The van der Waals surface area contributed by atoms with Crippen molar-refractivity contribution in [2.24, 2.45) is 0 Å². The minimum atomic E-state index is -5.03. The zero-order valence-corrected chi connectivity index (χ0v) is 68.5. The summed E-state index contributed by atoms with van der Waals surface area (Å²) in [7, 11) is -10.0. The first-order chi connectivity index (χ1) is 52.7. The first kappa shape index (κ1) is 102. The van der Waals surface area contributed by atoms with Crippen LogP contribution in [0.15, 0.2) is 194 Å². The Balaban J connectivity index is 5.56. The van der Waals surface area contributed by atoms with Gasteiger partial charge in [0.05, 0.1) is 26.4 Å². The second-order valence-corrected chi connectivity index (χ2v) is 29.2. The summed E-state index contributed by atoms with van der Waals surface area (Å²) in [6, 6.07) is 0. The molecule has 19 heteroatoms. The molecule has 0 amide bonds. The molecule has 0 saturated heterocycles. The average Bonchev–Trinajstić information content (AvgIpc) is 0.892. The Hall–Kier alpha value is -6.10. The number of hydrogen-bond acceptors (Lipinski definition) is 15. The summed E-state index contributed by atoms with van der Waals surface area (Å²) in [5, 5.41) is 10.6. The second kappa shape index (κ2) is 79.0. The van der Waals surface area contributed by atoms with Crippen LogP contribution in [0.25, 0.3) is 0 Å². The molecule has 0 aromatic carbocycles. The van der Waals surface area contributed by atoms with E-state index < -0.39 is 97.5 Å². The SMILES string of the molecule is CC/C=C\C/C=C\C/C=C\C/C=C\C/C=C\C/C=C\CCC(=O)OC[C@H](COP(=O)(O)OC[C@@H](O)COP(=O)(O)OC[C@@H](COC(=O)CCC/C=C\C/C=C\C/C=C\C/C=C\CCCCC)OC(=O)CCCCCCCCCCCCCCC)OC(=O)CC/C=C\C/C=C\C/C=C\C/C=C\C/C=C\C/C=C\CC. The van der Waals surface area contributed by atoms with Crippen molar-refractivity contribution in [3.05, 3.63) is 194 Å². The highest BCUT2D eigenvalue weighted by Gasteiger charge is 2.30. The third kappa shape index (κ3) is 78.0. The molecule has 0 aliphatic heterocycles. The number of carbonyl (C=O) groups excluding carboxylic acids is 4. The molecule has 0 aromatic heterocycles. The molecule has 0 radical (unpaired) electrons. The van der Waals surface area contributed by atoms with Crippen LogP contribution < -0.4 is 0 Å². The molecule has 0 spiro atoms. The van der Waals surface area contributed by atoms with E-state index in [1.807, 2.05) is 48.6 Å². The number of ether oxygens (including phenoxy) is 4. The van der Waals surface area contributed by atoms with E-state index in [0.717, 1.165) is 116 Å². The van der Waals surface area contributed by atoms with E-state index in [4.69, 9.17) is 37.0 Å². The number of aliphatic hydroxyl groups is 1. The van der Waals surface area contributed by atoms with Crippen LogP contribution in [0.3, 0.4) is 0 Å². The van der Waals surface area contributed by atoms with Gasteiger partial charge in [-0.15, -0.1) is 0 Å². The standard InChI is InChI=1S/C89H142O17P2/c1-5-9-13-17-21-25-29-33-36-39-41-44-47-51-54-58-62-66-70-74-87(92)100-80-85(106-89(94)76-72-68-64-60-56-52-48-45-42-40-37-34-30-26-22-18-14-10-6-2)82-104-108(97,98)102-78-83(90)77-101-107(95,96)103-81-84(105-88(93)75-71-67-63-59-55-49-32-28-24-20-16-12-8-4)79-99-86(91)73-69-65-61-57-53-50-46-43-38-35-31-27-23-19-15-11-7-3/h9-10,13-14,21-23,25-27,33-38,41-42,44-46,50-52,54,56-57,61-62,64,66,68,83-85,90H,5-8,11-12,15-20,24,28-32,39-40,43,47-49,53,55,58-60,63,65,67,69-82H2,1-4H3,(H,95,96)(H,97,98)/b13-9-,14-10-,25-21-,26-22-,27-23-,36-33-,37-34-,38-35-,44-41-,45-42-,50-46-,54-51-,56-52-,61-57-,66-62-,68-64-/t83-,84+,85+/m0/s1. The van der Waals surface area contributed by atoms with Crippen molar-refractivity contribution in [1.29, 1.82) is 0 Å². The van der Waals surface area contributed by atoms with E-state index in [-0.39, 0.29) is 25.7 Å². The molecule has 5 atom stereocenters. The lowest BCUT2D eigenvalue weighted by Gasteiger charge is -2.21. The Kier molecular flexibility index (Phi) is 74.5. The molecule has 0 aliphatic rings. The molecule has 2 unspecified atom stereocenters. The highest BCUT2D eigenvalue weighted by atomic mass is 31.2. The van der Waals surface area contributed by atoms with Crippen molar-refractivity contribution in [3.8, 4) is 0 Å². The van der Waals surface area contributed by atoms with Crippen LogP contribution in [0.5, 0.6) is 0 Å². The number of rotatable bonds is 74. The summed E-state index contributed by atoms with van der Waals surface area (Å²) in [6.07, 6.45) is 97.3. The molecular weight excluding hydrogens is 1400 g/mol. The van der Waals surface area contributed by atoms with Gasteiger partial charge in [0.25, 0.3) is 0 Å². The topological polar surface area (TPSA) is 237 Å². The number of phosphoric acid groups is 2. The van der Waals surface area contributed by atoms with Crippen LogP contribution in [0.4, 0.5) is 0 Å². The lowest BCUT2D eigenvalue weighted by molar-refractivity contribution is -0.161. The molecular formula is C89H142O17P2. The molecule has 0 bridgehead atoms. The molecule has 0 saturated carbocycles. The van der Waals surface area contributed by atoms with E-state index in [9.17, 15) is 43.2 Å². The number of allylic oxidation sites excluding steroid dienone is 32. The maximum Gasteiger partial charge on any atom is 0.472 e. The molecule has 0 rings (SSSR count). The van der Waals surface area contributed by atoms with Crippen LogP contribution in [-0.4, -0.2) is 96.7 Å². The molecule has 0 heterocycles. The summed E-state index contributed by atoms with van der Waals surface area (Å²) in [4.78, 5) is 73.0. The van der Waals surface area contributed by atoms with Gasteiger partial charge in [0, 0.05) is 25.7 Å². The Labute approximate surface area is 653 Å². The largest absolute Gasteiger partial charge is 0.472 e. The summed E-state index contributed by atoms with van der Waals surface area (Å²) >= 11 is 0. The van der Waals surface area contributed by atoms with Crippen molar-refractivity contribution in [2.45, 2.75) is 303 Å². The minimum Gasteiger partial charge on any atom is -0.462 e. The van der Waals surface area contributed by atoms with Gasteiger partial charge in [-0.2, -0.15) is 0 Å². The van der Waals surface area contributed by atoms with E-state index in [1.165, 1.54) is 70.6 Å². The Morgan fingerprint density at radius 3 is 0.843 bits per heavy atom. The van der Waals surface area contributed by atoms with E-state index in [1.54, 1.807) is 0 Å². The van der Waals surface area contributed by atoms with Gasteiger partial charge >= 0.3 is 39.5 Å². The number of hydrogen-bond donors (Lipinski definition) is 3. The van der Waals surface area contributed by atoms with Crippen LogP contribution in [0, 0.1) is 0 Å². The minimum absolute atomic E-state index is 0.0113. The average molecular weight is 1550 g/mol. The van der Waals surface area contributed by atoms with Gasteiger partial charge in [0.15, 0.2) is 12.2 Å². The highest BCUT2D eigenvalue weighted by Crippen LogP contribution is 2.45. The Bertz CT molecular complexity index is 2810. The van der Waals surface area contributed by atoms with Gasteiger partial charge < -0.3 is 33.8 Å². The zero-order valence-electron chi connectivity index (χ0n) is 66.7. The van der Waals surface area contributed by atoms with Gasteiger partial charge in [0.2, 0.25) is 0 Å². The van der Waals surface area contributed by atoms with Gasteiger partial charge in [-0.3, -0.25) is 37.3 Å². The van der Waals surface area contributed by atoms with E-state index in [0.29, 0.717) is 44.9 Å². The predicted molar refractivity (Wildman–Crippen MR) is 445 cm³/mol. The van der Waals surface area contributed by atoms with Gasteiger partial charge in [-0.05, 0) is 141 Å². The number of unbranched alkanes of at least 4 members (excludes halogenated alkanes) is 16. The Morgan fingerprint density at radius 2 is 0.509 bits per heavy atom. The van der Waals surface area contributed by atoms with Gasteiger partial charge in [0.1, 0.15) is 19.3 Å². The molecule has 108 heavy (non-hydrogen) atoms. The van der Waals surface area contributed by atoms with Crippen molar-refractivity contribution in [1.82, 2.24) is 0 Å². The number of carbonyl (C=O) groups is 4. The Morgan fingerprint density at radius 1 is 0.269 bits per heavy atom. The fourth-order valence-electron chi connectivity index (χ4n) is 9.97. The third-order valence-electron chi connectivity index (χ3n) is 16.1. The second-order valence-electron chi connectivity index (χ2n) is 26.2. The molecule has 0 fully saturated rings. The third-order valence-corrected chi connectivity index (χ3v) is 18.0. The van der Waals surface area contributed by atoms with E-state index in [2.05, 4.69) is 174 Å².